The van der Waals surface area contributed by atoms with Gasteiger partial charge in [-0.15, -0.1) is 0 Å². The number of fused-ring (bicyclic) bond motifs is 1. The molecule has 1 unspecified atom stereocenters. The molecule has 2 aromatic rings. The molecule has 0 amide bonds. The van der Waals surface area contributed by atoms with E-state index in [4.69, 9.17) is 4.42 Å². The Kier molecular flexibility index (Phi) is 2.48. The first-order valence-electron chi connectivity index (χ1n) is 6.38. The summed E-state index contributed by atoms with van der Waals surface area (Å²) in [6.45, 7) is 5.60. The van der Waals surface area contributed by atoms with E-state index in [-0.39, 0.29) is 0 Å². The minimum atomic E-state index is 0.292. The van der Waals surface area contributed by atoms with Crippen LogP contribution in [0.4, 0.5) is 0 Å². The van der Waals surface area contributed by atoms with Crippen molar-refractivity contribution in [2.75, 3.05) is 6.54 Å². The van der Waals surface area contributed by atoms with Gasteiger partial charge in [0.1, 0.15) is 11.3 Å². The van der Waals surface area contributed by atoms with Gasteiger partial charge in [0.25, 0.3) is 0 Å². The molecule has 0 saturated heterocycles. The van der Waals surface area contributed by atoms with Crippen LogP contribution < -0.4 is 5.32 Å². The van der Waals surface area contributed by atoms with E-state index >= 15 is 0 Å². The van der Waals surface area contributed by atoms with E-state index in [9.17, 15) is 0 Å². The first-order valence-corrected chi connectivity index (χ1v) is 6.38. The van der Waals surface area contributed by atoms with Crippen LogP contribution in [0.5, 0.6) is 0 Å². The molecule has 1 heterocycles. The summed E-state index contributed by atoms with van der Waals surface area (Å²) in [5.74, 6) is 1.04. The summed E-state index contributed by atoms with van der Waals surface area (Å²) in [6.07, 6.45) is 2.71. The lowest BCUT2D eigenvalue weighted by Crippen LogP contribution is -2.24. The van der Waals surface area contributed by atoms with Crippen LogP contribution in [0.1, 0.15) is 38.5 Å². The number of hydrogen-bond donors (Lipinski definition) is 1. The van der Waals surface area contributed by atoms with Gasteiger partial charge in [-0.25, -0.2) is 0 Å². The molecule has 1 aliphatic carbocycles. The van der Waals surface area contributed by atoms with Gasteiger partial charge in [0.2, 0.25) is 0 Å². The van der Waals surface area contributed by atoms with Crippen molar-refractivity contribution in [1.29, 1.82) is 0 Å². The van der Waals surface area contributed by atoms with E-state index in [2.05, 4.69) is 31.3 Å². The van der Waals surface area contributed by atoms with Gasteiger partial charge in [-0.1, -0.05) is 25.1 Å². The van der Waals surface area contributed by atoms with Crippen LogP contribution in [0, 0.1) is 5.41 Å². The van der Waals surface area contributed by atoms with Crippen molar-refractivity contribution in [3.8, 4) is 0 Å². The predicted octanol–water partition coefficient (Wildman–Crippen LogP) is 3.88. The molecule has 90 valence electrons. The van der Waals surface area contributed by atoms with Crippen molar-refractivity contribution in [2.24, 2.45) is 5.41 Å². The Hall–Kier alpha value is -1.28. The van der Waals surface area contributed by atoms with Crippen molar-refractivity contribution >= 4 is 11.0 Å². The van der Waals surface area contributed by atoms with Gasteiger partial charge < -0.3 is 9.73 Å². The third kappa shape index (κ3) is 2.22. The van der Waals surface area contributed by atoms with Gasteiger partial charge >= 0.3 is 0 Å². The van der Waals surface area contributed by atoms with Crippen LogP contribution in [-0.4, -0.2) is 6.54 Å². The van der Waals surface area contributed by atoms with Crippen LogP contribution in [0.15, 0.2) is 34.7 Å². The first kappa shape index (κ1) is 10.8. The van der Waals surface area contributed by atoms with E-state index < -0.39 is 0 Å². The van der Waals surface area contributed by atoms with E-state index in [1.54, 1.807) is 0 Å². The maximum atomic E-state index is 5.85. The molecule has 0 aliphatic heterocycles. The molecule has 17 heavy (non-hydrogen) atoms. The van der Waals surface area contributed by atoms with Crippen LogP contribution in [0.25, 0.3) is 11.0 Å². The predicted molar refractivity (Wildman–Crippen MR) is 70.0 cm³/mol. The standard InChI is InChI=1S/C15H19NO/c1-11(16-10-15(2)7-8-15)14-9-12-5-3-4-6-13(12)17-14/h3-6,9,11,16H,7-8,10H2,1-2H3. The van der Waals surface area contributed by atoms with Crippen molar-refractivity contribution in [2.45, 2.75) is 32.7 Å². The maximum absolute atomic E-state index is 5.85. The second-order valence-electron chi connectivity index (χ2n) is 5.60. The fourth-order valence-corrected chi connectivity index (χ4v) is 2.11. The van der Waals surface area contributed by atoms with Crippen LogP contribution in [0.2, 0.25) is 0 Å². The van der Waals surface area contributed by atoms with E-state index in [1.807, 2.05) is 18.2 Å². The zero-order valence-corrected chi connectivity index (χ0v) is 10.5. The van der Waals surface area contributed by atoms with Gasteiger partial charge in [0, 0.05) is 11.9 Å². The van der Waals surface area contributed by atoms with Gasteiger partial charge in [0.15, 0.2) is 0 Å². The number of hydrogen-bond acceptors (Lipinski definition) is 2. The average molecular weight is 229 g/mol. The highest BCUT2D eigenvalue weighted by molar-refractivity contribution is 5.77. The lowest BCUT2D eigenvalue weighted by Gasteiger charge is -2.14. The molecule has 1 aromatic carbocycles. The van der Waals surface area contributed by atoms with Gasteiger partial charge in [-0.3, -0.25) is 0 Å². The highest BCUT2D eigenvalue weighted by atomic mass is 16.3. The Bertz CT molecular complexity index is 491. The zero-order valence-electron chi connectivity index (χ0n) is 10.5. The molecule has 1 atom stereocenters. The molecule has 0 spiro atoms. The highest BCUT2D eigenvalue weighted by Crippen LogP contribution is 2.44. The molecule has 0 radical (unpaired) electrons. The minimum absolute atomic E-state index is 0.292. The molecule has 1 fully saturated rings. The largest absolute Gasteiger partial charge is 0.459 e. The second-order valence-corrected chi connectivity index (χ2v) is 5.60. The molecule has 2 heteroatoms. The zero-order chi connectivity index (χ0) is 11.9. The smallest absolute Gasteiger partial charge is 0.134 e. The van der Waals surface area contributed by atoms with E-state index in [0.29, 0.717) is 11.5 Å². The van der Waals surface area contributed by atoms with Gasteiger partial charge in [-0.2, -0.15) is 0 Å². The number of nitrogens with one attached hydrogen (secondary N) is 1. The summed E-state index contributed by atoms with van der Waals surface area (Å²) >= 11 is 0. The number of para-hydroxylation sites is 1. The number of benzene rings is 1. The first-order chi connectivity index (χ1) is 8.16. The SMILES string of the molecule is CC(NCC1(C)CC1)c1cc2ccccc2o1. The van der Waals surface area contributed by atoms with Crippen LogP contribution in [0.3, 0.4) is 0 Å². The third-order valence-corrected chi connectivity index (χ3v) is 3.81. The normalized spacial score (nSPS) is 19.4. The number of furan rings is 1. The van der Waals surface area contributed by atoms with Crippen molar-refractivity contribution in [3.05, 3.63) is 36.1 Å². The number of rotatable bonds is 4. The Morgan fingerprint density at radius 3 is 2.82 bits per heavy atom. The van der Waals surface area contributed by atoms with Gasteiger partial charge in [0.05, 0.1) is 6.04 Å². The van der Waals surface area contributed by atoms with Crippen molar-refractivity contribution in [1.82, 2.24) is 5.32 Å². The van der Waals surface area contributed by atoms with E-state index in [1.165, 1.54) is 18.2 Å². The second kappa shape index (κ2) is 3.88. The molecular formula is C15H19NO. The monoisotopic (exact) mass is 229 g/mol. The fourth-order valence-electron chi connectivity index (χ4n) is 2.11. The molecule has 1 N–H and O–H groups in total. The molecule has 1 aliphatic rings. The summed E-state index contributed by atoms with van der Waals surface area (Å²) in [6, 6.07) is 10.6. The Morgan fingerprint density at radius 2 is 2.12 bits per heavy atom. The van der Waals surface area contributed by atoms with Crippen LogP contribution >= 0.6 is 0 Å². The summed E-state index contributed by atoms with van der Waals surface area (Å²) in [5, 5.41) is 4.76. The lowest BCUT2D eigenvalue weighted by molar-refractivity contribution is 0.408. The maximum Gasteiger partial charge on any atom is 0.134 e. The summed E-state index contributed by atoms with van der Waals surface area (Å²) in [5.41, 5.74) is 1.52. The quantitative estimate of drug-likeness (QED) is 0.860. The van der Waals surface area contributed by atoms with Gasteiger partial charge in [-0.05, 0) is 37.3 Å². The summed E-state index contributed by atoms with van der Waals surface area (Å²) < 4.78 is 5.85. The molecular weight excluding hydrogens is 210 g/mol. The molecule has 1 saturated carbocycles. The summed E-state index contributed by atoms with van der Waals surface area (Å²) in [7, 11) is 0. The molecule has 0 bridgehead atoms. The molecule has 1 aromatic heterocycles. The Labute approximate surface area is 102 Å². The van der Waals surface area contributed by atoms with E-state index in [0.717, 1.165) is 17.9 Å². The van der Waals surface area contributed by atoms with Crippen molar-refractivity contribution < 1.29 is 4.42 Å². The van der Waals surface area contributed by atoms with Crippen molar-refractivity contribution in [3.63, 3.8) is 0 Å². The molecule has 3 rings (SSSR count). The van der Waals surface area contributed by atoms with Crippen LogP contribution in [-0.2, 0) is 0 Å². The topological polar surface area (TPSA) is 25.2 Å². The summed E-state index contributed by atoms with van der Waals surface area (Å²) in [4.78, 5) is 0. The minimum Gasteiger partial charge on any atom is -0.459 e. The fraction of sp³-hybridized carbons (Fsp3) is 0.467. The highest BCUT2D eigenvalue weighted by Gasteiger charge is 2.37. The average Bonchev–Trinajstić information content (AvgIpc) is 2.92. The lowest BCUT2D eigenvalue weighted by atomic mass is 10.1. The Balaban J connectivity index is 1.73. The molecule has 2 nitrogen and oxygen atoms in total. The Morgan fingerprint density at radius 1 is 1.35 bits per heavy atom. The third-order valence-electron chi connectivity index (χ3n) is 3.81.